The van der Waals surface area contributed by atoms with Crippen LogP contribution in [0.1, 0.15) is 59.4 Å². The average molecular weight is 364 g/mol. The average Bonchev–Trinajstić information content (AvgIpc) is 3.00. The summed E-state index contributed by atoms with van der Waals surface area (Å²) in [5.41, 5.74) is 0.705. The van der Waals surface area contributed by atoms with E-state index < -0.39 is 0 Å². The molecule has 2 rings (SSSR count). The first-order valence-electron chi connectivity index (χ1n) is 8.58. The number of hydrogen-bond donors (Lipinski definition) is 1. The van der Waals surface area contributed by atoms with E-state index in [0.29, 0.717) is 23.2 Å². The first kappa shape index (κ1) is 19.4. The first-order valence-corrected chi connectivity index (χ1v) is 8.96. The Morgan fingerprint density at radius 2 is 2.08 bits per heavy atom. The van der Waals surface area contributed by atoms with Gasteiger partial charge in [0.25, 0.3) is 0 Å². The maximum absolute atomic E-state index is 12.4. The molecule has 0 spiro atoms. The Bertz CT molecular complexity index is 721. The monoisotopic (exact) mass is 363 g/mol. The van der Waals surface area contributed by atoms with E-state index in [2.05, 4.69) is 29.3 Å². The molecule has 1 aromatic heterocycles. The van der Waals surface area contributed by atoms with Crippen LogP contribution in [-0.2, 0) is 4.79 Å². The van der Waals surface area contributed by atoms with Crippen LogP contribution in [0.2, 0.25) is 5.02 Å². The summed E-state index contributed by atoms with van der Waals surface area (Å²) in [4.78, 5) is 16.9. The number of aromatic nitrogens is 2. The SMILES string of the molecule is CC[C@@H](C)[C@@H](NC(=O)CC(C)(C)C)c1nc(-c2cccc(Cl)c2)no1. The maximum Gasteiger partial charge on any atom is 0.249 e. The lowest BCUT2D eigenvalue weighted by atomic mass is 9.91. The zero-order valence-corrected chi connectivity index (χ0v) is 16.2. The number of nitrogens with one attached hydrogen (secondary N) is 1. The molecule has 2 atom stereocenters. The summed E-state index contributed by atoms with van der Waals surface area (Å²) in [5, 5.41) is 7.72. The molecule has 0 saturated carbocycles. The fourth-order valence-electron chi connectivity index (χ4n) is 2.50. The smallest absolute Gasteiger partial charge is 0.249 e. The zero-order chi connectivity index (χ0) is 18.6. The molecule has 0 fully saturated rings. The molecule has 5 nitrogen and oxygen atoms in total. The molecule has 0 saturated heterocycles. The number of carbonyl (C=O) groups is 1. The number of halogens is 1. The Morgan fingerprint density at radius 1 is 1.36 bits per heavy atom. The molecule has 0 aliphatic heterocycles. The van der Waals surface area contributed by atoms with E-state index in [1.165, 1.54) is 0 Å². The van der Waals surface area contributed by atoms with Crippen LogP contribution >= 0.6 is 11.6 Å². The summed E-state index contributed by atoms with van der Waals surface area (Å²) in [6, 6.07) is 6.98. The lowest BCUT2D eigenvalue weighted by molar-refractivity contribution is -0.124. The van der Waals surface area contributed by atoms with Crippen molar-refractivity contribution in [2.45, 2.75) is 53.5 Å². The van der Waals surface area contributed by atoms with Crippen LogP contribution in [0.15, 0.2) is 28.8 Å². The Hall–Kier alpha value is -1.88. The van der Waals surface area contributed by atoms with Crippen molar-refractivity contribution in [3.63, 3.8) is 0 Å². The Labute approximate surface area is 154 Å². The van der Waals surface area contributed by atoms with Crippen LogP contribution in [0.4, 0.5) is 0 Å². The van der Waals surface area contributed by atoms with Crippen LogP contribution in [0.25, 0.3) is 11.4 Å². The molecule has 0 aliphatic rings. The molecule has 25 heavy (non-hydrogen) atoms. The standard InChI is InChI=1S/C19H26ClN3O2/c1-6-12(2)16(21-15(24)11-19(3,4)5)18-22-17(23-25-18)13-8-7-9-14(20)10-13/h7-10,12,16H,6,11H2,1-5H3,(H,21,24)/t12-,16-/m1/s1. The molecule has 2 aromatic rings. The molecule has 1 amide bonds. The minimum absolute atomic E-state index is 0.0136. The number of amides is 1. The lowest BCUT2D eigenvalue weighted by Crippen LogP contribution is -2.34. The second kappa shape index (κ2) is 8.00. The van der Waals surface area contributed by atoms with Crippen molar-refractivity contribution in [2.75, 3.05) is 0 Å². The molecule has 136 valence electrons. The van der Waals surface area contributed by atoms with Crippen molar-refractivity contribution in [1.29, 1.82) is 0 Å². The van der Waals surface area contributed by atoms with Crippen molar-refractivity contribution in [3.05, 3.63) is 35.2 Å². The summed E-state index contributed by atoms with van der Waals surface area (Å²) in [7, 11) is 0. The molecule has 0 radical (unpaired) electrons. The first-order chi connectivity index (χ1) is 11.7. The molecular formula is C19H26ClN3O2. The van der Waals surface area contributed by atoms with E-state index in [0.717, 1.165) is 12.0 Å². The van der Waals surface area contributed by atoms with Crippen molar-refractivity contribution in [3.8, 4) is 11.4 Å². The highest BCUT2D eigenvalue weighted by molar-refractivity contribution is 6.30. The van der Waals surface area contributed by atoms with Gasteiger partial charge in [-0.05, 0) is 23.5 Å². The van der Waals surface area contributed by atoms with E-state index in [1.54, 1.807) is 12.1 Å². The Balaban J connectivity index is 2.23. The van der Waals surface area contributed by atoms with Gasteiger partial charge in [0.05, 0.1) is 0 Å². The highest BCUT2D eigenvalue weighted by Gasteiger charge is 2.28. The Morgan fingerprint density at radius 3 is 2.68 bits per heavy atom. The molecule has 6 heteroatoms. The van der Waals surface area contributed by atoms with Gasteiger partial charge < -0.3 is 9.84 Å². The largest absolute Gasteiger partial charge is 0.344 e. The van der Waals surface area contributed by atoms with Crippen molar-refractivity contribution in [2.24, 2.45) is 11.3 Å². The second-order valence-electron chi connectivity index (χ2n) is 7.63. The third-order valence-corrected chi connectivity index (χ3v) is 4.25. The van der Waals surface area contributed by atoms with Gasteiger partial charge in [0.2, 0.25) is 17.6 Å². The van der Waals surface area contributed by atoms with Gasteiger partial charge in [0.1, 0.15) is 6.04 Å². The molecular weight excluding hydrogens is 338 g/mol. The minimum Gasteiger partial charge on any atom is -0.344 e. The molecule has 0 bridgehead atoms. The van der Waals surface area contributed by atoms with Crippen LogP contribution in [-0.4, -0.2) is 16.0 Å². The van der Waals surface area contributed by atoms with E-state index in [4.69, 9.17) is 16.1 Å². The summed E-state index contributed by atoms with van der Waals surface area (Å²) in [5.74, 6) is 1.05. The van der Waals surface area contributed by atoms with Crippen molar-refractivity contribution in [1.82, 2.24) is 15.5 Å². The van der Waals surface area contributed by atoms with Crippen LogP contribution < -0.4 is 5.32 Å². The maximum atomic E-state index is 12.4. The van der Waals surface area contributed by atoms with Crippen LogP contribution in [0.3, 0.4) is 0 Å². The van der Waals surface area contributed by atoms with Crippen molar-refractivity contribution >= 4 is 17.5 Å². The summed E-state index contributed by atoms with van der Waals surface area (Å²) < 4.78 is 5.46. The van der Waals surface area contributed by atoms with Gasteiger partial charge in [0, 0.05) is 17.0 Å². The molecule has 1 heterocycles. The second-order valence-corrected chi connectivity index (χ2v) is 8.07. The molecule has 0 aliphatic carbocycles. The van der Waals surface area contributed by atoms with Gasteiger partial charge in [-0.25, -0.2) is 0 Å². The predicted molar refractivity (Wildman–Crippen MR) is 99.2 cm³/mol. The Kier molecular flexibility index (Phi) is 6.22. The van der Waals surface area contributed by atoms with Crippen molar-refractivity contribution < 1.29 is 9.32 Å². The van der Waals surface area contributed by atoms with Gasteiger partial charge in [-0.1, -0.05) is 69.9 Å². The number of hydrogen-bond acceptors (Lipinski definition) is 4. The molecule has 0 unspecified atom stereocenters. The predicted octanol–water partition coefficient (Wildman–Crippen LogP) is 5.03. The van der Waals surface area contributed by atoms with Gasteiger partial charge in [0.15, 0.2) is 0 Å². The zero-order valence-electron chi connectivity index (χ0n) is 15.5. The lowest BCUT2D eigenvalue weighted by Gasteiger charge is -2.23. The number of benzene rings is 1. The van der Waals surface area contributed by atoms with Gasteiger partial charge in [-0.3, -0.25) is 4.79 Å². The van der Waals surface area contributed by atoms with Gasteiger partial charge >= 0.3 is 0 Å². The summed E-state index contributed by atoms with van der Waals surface area (Å²) in [6.07, 6.45) is 1.32. The normalized spacial score (nSPS) is 14.2. The summed E-state index contributed by atoms with van der Waals surface area (Å²) in [6.45, 7) is 10.2. The highest BCUT2D eigenvalue weighted by Crippen LogP contribution is 2.27. The van der Waals surface area contributed by atoms with Gasteiger partial charge in [-0.2, -0.15) is 4.98 Å². The van der Waals surface area contributed by atoms with E-state index in [-0.39, 0.29) is 23.3 Å². The molecule has 1 N–H and O–H groups in total. The van der Waals surface area contributed by atoms with Crippen LogP contribution in [0.5, 0.6) is 0 Å². The fourth-order valence-corrected chi connectivity index (χ4v) is 2.69. The number of nitrogens with zero attached hydrogens (tertiary/aromatic N) is 2. The van der Waals surface area contributed by atoms with E-state index in [1.807, 2.05) is 32.9 Å². The third-order valence-electron chi connectivity index (χ3n) is 4.01. The third kappa shape index (κ3) is 5.56. The molecule has 1 aromatic carbocycles. The number of rotatable bonds is 6. The topological polar surface area (TPSA) is 68.0 Å². The minimum atomic E-state index is -0.305. The van der Waals surface area contributed by atoms with Gasteiger partial charge in [-0.15, -0.1) is 0 Å². The fraction of sp³-hybridized carbons (Fsp3) is 0.526. The summed E-state index contributed by atoms with van der Waals surface area (Å²) >= 11 is 6.02. The highest BCUT2D eigenvalue weighted by atomic mass is 35.5. The van der Waals surface area contributed by atoms with E-state index in [9.17, 15) is 4.79 Å². The quantitative estimate of drug-likeness (QED) is 0.781. The van der Waals surface area contributed by atoms with Crippen LogP contribution in [0, 0.1) is 11.3 Å². The number of carbonyl (C=O) groups excluding carboxylic acids is 1. The van der Waals surface area contributed by atoms with E-state index >= 15 is 0 Å².